The second kappa shape index (κ2) is 7.78. The molecule has 0 unspecified atom stereocenters. The lowest BCUT2D eigenvalue weighted by Crippen LogP contribution is -2.35. The van der Waals surface area contributed by atoms with Crippen molar-refractivity contribution in [1.29, 1.82) is 0 Å². The number of benzene rings is 1. The molecule has 0 aliphatic heterocycles. The van der Waals surface area contributed by atoms with Gasteiger partial charge in [0.1, 0.15) is 6.54 Å². The van der Waals surface area contributed by atoms with Gasteiger partial charge < -0.3 is 5.32 Å². The third-order valence-electron chi connectivity index (χ3n) is 5.32. The van der Waals surface area contributed by atoms with Gasteiger partial charge in [0, 0.05) is 12.7 Å². The SMILES string of the molecule is O=C(Cn1c(=O)n(-c2ccccc2)c2ncccc21)NCC1CCCCC1. The number of rotatable bonds is 5. The van der Waals surface area contributed by atoms with Crippen molar-refractivity contribution in [2.45, 2.75) is 38.6 Å². The first-order valence-electron chi connectivity index (χ1n) is 9.62. The highest BCUT2D eigenvalue weighted by molar-refractivity contribution is 5.80. The maximum atomic E-state index is 13.0. The number of imidazole rings is 1. The maximum absolute atomic E-state index is 13.0. The predicted octanol–water partition coefficient (Wildman–Crippen LogP) is 2.88. The highest BCUT2D eigenvalue weighted by Gasteiger charge is 2.18. The number of nitrogens with one attached hydrogen (secondary N) is 1. The van der Waals surface area contributed by atoms with Crippen LogP contribution in [0.1, 0.15) is 32.1 Å². The smallest absolute Gasteiger partial charge is 0.335 e. The minimum absolute atomic E-state index is 0.00752. The van der Waals surface area contributed by atoms with E-state index in [9.17, 15) is 9.59 Å². The molecule has 6 heteroatoms. The van der Waals surface area contributed by atoms with E-state index in [-0.39, 0.29) is 18.1 Å². The summed E-state index contributed by atoms with van der Waals surface area (Å²) in [5, 5.41) is 3.01. The zero-order chi connectivity index (χ0) is 18.6. The Morgan fingerprint density at radius 1 is 1.07 bits per heavy atom. The van der Waals surface area contributed by atoms with E-state index < -0.39 is 0 Å². The molecule has 2 heterocycles. The Labute approximate surface area is 157 Å². The molecule has 140 valence electrons. The molecular weight excluding hydrogens is 340 g/mol. The van der Waals surface area contributed by atoms with Crippen LogP contribution in [0, 0.1) is 5.92 Å². The summed E-state index contributed by atoms with van der Waals surface area (Å²) in [7, 11) is 0. The predicted molar refractivity (Wildman–Crippen MR) is 105 cm³/mol. The number of nitrogens with zero attached hydrogens (tertiary/aromatic N) is 3. The van der Waals surface area contributed by atoms with Crippen LogP contribution in [0.25, 0.3) is 16.9 Å². The Balaban J connectivity index is 1.59. The Morgan fingerprint density at radius 2 is 1.85 bits per heavy atom. The van der Waals surface area contributed by atoms with Gasteiger partial charge in [0.15, 0.2) is 5.65 Å². The van der Waals surface area contributed by atoms with Gasteiger partial charge in [0.25, 0.3) is 0 Å². The number of hydrogen-bond donors (Lipinski definition) is 1. The number of carbonyl (C=O) groups excluding carboxylic acids is 1. The first-order valence-corrected chi connectivity index (χ1v) is 9.62. The van der Waals surface area contributed by atoms with Crippen LogP contribution in [-0.2, 0) is 11.3 Å². The van der Waals surface area contributed by atoms with Gasteiger partial charge in [-0.2, -0.15) is 0 Å². The van der Waals surface area contributed by atoms with Crippen molar-refractivity contribution in [3.05, 3.63) is 59.1 Å². The molecular formula is C21H24N4O2. The fourth-order valence-corrected chi connectivity index (χ4v) is 3.90. The molecule has 0 atom stereocenters. The van der Waals surface area contributed by atoms with Crippen molar-refractivity contribution >= 4 is 17.1 Å². The molecule has 1 saturated carbocycles. The molecule has 1 aromatic carbocycles. The molecule has 27 heavy (non-hydrogen) atoms. The zero-order valence-electron chi connectivity index (χ0n) is 15.3. The fourth-order valence-electron chi connectivity index (χ4n) is 3.90. The van der Waals surface area contributed by atoms with Crippen LogP contribution in [-0.4, -0.2) is 26.6 Å². The van der Waals surface area contributed by atoms with E-state index in [0.29, 0.717) is 23.6 Å². The summed E-state index contributed by atoms with van der Waals surface area (Å²) in [5.41, 5.74) is 1.73. The largest absolute Gasteiger partial charge is 0.354 e. The van der Waals surface area contributed by atoms with Crippen LogP contribution in [0.4, 0.5) is 0 Å². The number of amides is 1. The molecule has 3 aromatic rings. The number of hydrogen-bond acceptors (Lipinski definition) is 3. The summed E-state index contributed by atoms with van der Waals surface area (Å²) in [6.45, 7) is 0.705. The van der Waals surface area contributed by atoms with Crippen LogP contribution >= 0.6 is 0 Å². The number of para-hydroxylation sites is 1. The molecule has 0 radical (unpaired) electrons. The number of pyridine rings is 1. The normalized spacial score (nSPS) is 15.1. The summed E-state index contributed by atoms with van der Waals surface area (Å²) >= 11 is 0. The quantitative estimate of drug-likeness (QED) is 0.757. The highest BCUT2D eigenvalue weighted by Crippen LogP contribution is 2.22. The second-order valence-electron chi connectivity index (χ2n) is 7.19. The Hall–Kier alpha value is -2.89. The third kappa shape index (κ3) is 3.65. The first kappa shape index (κ1) is 17.5. The van der Waals surface area contributed by atoms with Gasteiger partial charge >= 0.3 is 5.69 Å². The summed E-state index contributed by atoms with van der Waals surface area (Å²) in [6.07, 6.45) is 7.81. The molecule has 1 fully saturated rings. The summed E-state index contributed by atoms with van der Waals surface area (Å²) in [4.78, 5) is 29.9. The van der Waals surface area contributed by atoms with Crippen molar-refractivity contribution < 1.29 is 4.79 Å². The van der Waals surface area contributed by atoms with E-state index in [2.05, 4.69) is 10.3 Å². The van der Waals surface area contributed by atoms with Crippen molar-refractivity contribution in [3.8, 4) is 5.69 Å². The minimum atomic E-state index is -0.247. The monoisotopic (exact) mass is 364 g/mol. The topological polar surface area (TPSA) is 68.9 Å². The van der Waals surface area contributed by atoms with Gasteiger partial charge in [0.05, 0.1) is 11.2 Å². The van der Waals surface area contributed by atoms with Gasteiger partial charge in [-0.15, -0.1) is 0 Å². The van der Waals surface area contributed by atoms with E-state index in [1.807, 2.05) is 36.4 Å². The zero-order valence-corrected chi connectivity index (χ0v) is 15.3. The summed E-state index contributed by atoms with van der Waals surface area (Å²) in [5.74, 6) is 0.436. The summed E-state index contributed by atoms with van der Waals surface area (Å²) in [6, 6.07) is 13.0. The molecule has 1 aliphatic carbocycles. The molecule has 1 aliphatic rings. The van der Waals surface area contributed by atoms with E-state index in [1.165, 1.54) is 36.7 Å². The molecule has 0 spiro atoms. The van der Waals surface area contributed by atoms with E-state index in [1.54, 1.807) is 16.8 Å². The van der Waals surface area contributed by atoms with E-state index in [4.69, 9.17) is 0 Å². The van der Waals surface area contributed by atoms with Crippen LogP contribution in [0.15, 0.2) is 53.5 Å². The van der Waals surface area contributed by atoms with Gasteiger partial charge in [-0.1, -0.05) is 37.5 Å². The Bertz CT molecular complexity index is 984. The van der Waals surface area contributed by atoms with E-state index in [0.717, 1.165) is 5.69 Å². The van der Waals surface area contributed by atoms with Crippen molar-refractivity contribution in [2.24, 2.45) is 5.92 Å². The van der Waals surface area contributed by atoms with Crippen LogP contribution in [0.3, 0.4) is 0 Å². The third-order valence-corrected chi connectivity index (χ3v) is 5.32. The highest BCUT2D eigenvalue weighted by atomic mass is 16.2. The fraction of sp³-hybridized carbons (Fsp3) is 0.381. The van der Waals surface area contributed by atoms with Gasteiger partial charge in [-0.3, -0.25) is 9.36 Å². The van der Waals surface area contributed by atoms with Crippen molar-refractivity contribution in [3.63, 3.8) is 0 Å². The van der Waals surface area contributed by atoms with Gasteiger partial charge in [0.2, 0.25) is 5.91 Å². The van der Waals surface area contributed by atoms with Crippen LogP contribution in [0.5, 0.6) is 0 Å². The second-order valence-corrected chi connectivity index (χ2v) is 7.19. The van der Waals surface area contributed by atoms with Crippen LogP contribution < -0.4 is 11.0 Å². The molecule has 4 rings (SSSR count). The molecule has 1 amide bonds. The Morgan fingerprint density at radius 3 is 2.63 bits per heavy atom. The lowest BCUT2D eigenvalue weighted by molar-refractivity contribution is -0.121. The van der Waals surface area contributed by atoms with E-state index >= 15 is 0 Å². The van der Waals surface area contributed by atoms with Crippen molar-refractivity contribution in [1.82, 2.24) is 19.4 Å². The Kier molecular flexibility index (Phi) is 5.05. The number of aromatic nitrogens is 3. The lowest BCUT2D eigenvalue weighted by Gasteiger charge is -2.21. The molecule has 0 bridgehead atoms. The molecule has 6 nitrogen and oxygen atoms in total. The van der Waals surface area contributed by atoms with Crippen LogP contribution in [0.2, 0.25) is 0 Å². The van der Waals surface area contributed by atoms with Gasteiger partial charge in [-0.25, -0.2) is 14.3 Å². The van der Waals surface area contributed by atoms with Gasteiger partial charge in [-0.05, 0) is 43.0 Å². The van der Waals surface area contributed by atoms with Crippen molar-refractivity contribution in [2.75, 3.05) is 6.54 Å². The molecule has 0 saturated heterocycles. The first-order chi connectivity index (χ1) is 13.2. The average molecular weight is 364 g/mol. The minimum Gasteiger partial charge on any atom is -0.354 e. The number of carbonyl (C=O) groups is 1. The molecule has 1 N–H and O–H groups in total. The number of fused-ring (bicyclic) bond motifs is 1. The average Bonchev–Trinajstić information content (AvgIpc) is 2.99. The summed E-state index contributed by atoms with van der Waals surface area (Å²) < 4.78 is 3.06. The maximum Gasteiger partial charge on any atom is 0.335 e. The lowest BCUT2D eigenvalue weighted by atomic mass is 9.89. The standard InChI is InChI=1S/C21H24N4O2/c26-19(23-14-16-8-3-1-4-9-16)15-24-18-12-7-13-22-20(18)25(21(24)27)17-10-5-2-6-11-17/h2,5-7,10-13,16H,1,3-4,8-9,14-15H2,(H,23,26). The molecule has 2 aromatic heterocycles.